The number of allylic oxidation sites excluding steroid dienone is 2. The molecular formula is C12H19N. The Morgan fingerprint density at radius 2 is 2.15 bits per heavy atom. The molecule has 13 heavy (non-hydrogen) atoms. The van der Waals surface area contributed by atoms with Crippen molar-refractivity contribution >= 4 is 0 Å². The zero-order valence-electron chi connectivity index (χ0n) is 8.93. The Balaban J connectivity index is 4.07. The maximum Gasteiger partial charge on any atom is 0.233 e. The van der Waals surface area contributed by atoms with Crippen molar-refractivity contribution in [3.05, 3.63) is 35.7 Å². The van der Waals surface area contributed by atoms with Gasteiger partial charge >= 0.3 is 0 Å². The second kappa shape index (κ2) is 5.59. The van der Waals surface area contributed by atoms with Crippen LogP contribution < -0.4 is 0 Å². The normalized spacial score (nSPS) is 14.0. The number of hydrogen-bond donors (Lipinski definition) is 0. The number of rotatable bonds is 5. The van der Waals surface area contributed by atoms with Gasteiger partial charge in [-0.3, -0.25) is 0 Å². The molecule has 0 amide bonds. The first-order chi connectivity index (χ1) is 6.04. The number of nitrogens with zero attached hydrogens (tertiary/aromatic N) is 1. The van der Waals surface area contributed by atoms with Gasteiger partial charge in [-0.25, -0.2) is 6.57 Å². The van der Waals surface area contributed by atoms with E-state index in [0.29, 0.717) is 0 Å². The molecule has 1 heteroatoms. The first kappa shape index (κ1) is 12.0. The van der Waals surface area contributed by atoms with Gasteiger partial charge in [0, 0.05) is 19.8 Å². The molecule has 0 aliphatic heterocycles. The third-order valence-corrected chi connectivity index (χ3v) is 2.09. The molecule has 0 aromatic heterocycles. The fourth-order valence-corrected chi connectivity index (χ4v) is 1.19. The fourth-order valence-electron chi connectivity index (χ4n) is 1.19. The van der Waals surface area contributed by atoms with E-state index in [-0.39, 0.29) is 5.54 Å². The maximum absolute atomic E-state index is 7.10. The zero-order valence-corrected chi connectivity index (χ0v) is 8.93. The van der Waals surface area contributed by atoms with Gasteiger partial charge in [-0.15, -0.1) is 6.58 Å². The molecule has 0 aliphatic rings. The van der Waals surface area contributed by atoms with Crippen LogP contribution in [-0.4, -0.2) is 5.54 Å². The highest BCUT2D eigenvalue weighted by Crippen LogP contribution is 2.22. The van der Waals surface area contributed by atoms with Crippen LogP contribution in [0.3, 0.4) is 0 Å². The van der Waals surface area contributed by atoms with Gasteiger partial charge in [-0.2, -0.15) is 0 Å². The van der Waals surface area contributed by atoms with E-state index in [4.69, 9.17) is 6.57 Å². The van der Waals surface area contributed by atoms with E-state index in [0.717, 1.165) is 19.3 Å². The molecule has 72 valence electrons. The van der Waals surface area contributed by atoms with E-state index in [9.17, 15) is 0 Å². The van der Waals surface area contributed by atoms with E-state index in [1.54, 1.807) is 0 Å². The van der Waals surface area contributed by atoms with Gasteiger partial charge in [-0.05, 0) is 20.3 Å². The molecule has 0 radical (unpaired) electrons. The molecule has 0 rings (SSSR count). The highest BCUT2D eigenvalue weighted by atomic mass is 14.8. The summed E-state index contributed by atoms with van der Waals surface area (Å²) >= 11 is 0. The number of hydrogen-bond acceptors (Lipinski definition) is 0. The largest absolute Gasteiger partial charge is 0.310 e. The SMILES string of the molecule is [C-]#[N+]C(C)(CC=C)CCC=C(C)C. The minimum absolute atomic E-state index is 0.242. The molecule has 0 saturated heterocycles. The van der Waals surface area contributed by atoms with Crippen LogP contribution in [0.5, 0.6) is 0 Å². The molecule has 0 N–H and O–H groups in total. The van der Waals surface area contributed by atoms with Crippen molar-refractivity contribution in [2.75, 3.05) is 0 Å². The lowest BCUT2D eigenvalue weighted by Crippen LogP contribution is -2.17. The molecule has 0 aliphatic carbocycles. The Morgan fingerprint density at radius 1 is 1.54 bits per heavy atom. The molecule has 0 fully saturated rings. The minimum Gasteiger partial charge on any atom is -0.310 e. The predicted molar refractivity (Wildman–Crippen MR) is 58.5 cm³/mol. The maximum atomic E-state index is 7.10. The molecule has 0 aromatic rings. The molecule has 1 atom stereocenters. The summed E-state index contributed by atoms with van der Waals surface area (Å²) in [5, 5.41) is 0. The molecule has 1 unspecified atom stereocenters. The van der Waals surface area contributed by atoms with E-state index in [2.05, 4.69) is 31.3 Å². The van der Waals surface area contributed by atoms with Crippen LogP contribution in [0.1, 0.15) is 40.0 Å². The minimum atomic E-state index is -0.242. The lowest BCUT2D eigenvalue weighted by atomic mass is 9.92. The summed E-state index contributed by atoms with van der Waals surface area (Å²) < 4.78 is 0. The van der Waals surface area contributed by atoms with Crippen molar-refractivity contribution in [2.24, 2.45) is 0 Å². The second-order valence-corrected chi connectivity index (χ2v) is 3.92. The molecule has 0 saturated carbocycles. The molecule has 1 nitrogen and oxygen atoms in total. The summed E-state index contributed by atoms with van der Waals surface area (Å²) in [7, 11) is 0. The smallest absolute Gasteiger partial charge is 0.233 e. The van der Waals surface area contributed by atoms with Gasteiger partial charge in [0.25, 0.3) is 0 Å². The lowest BCUT2D eigenvalue weighted by Gasteiger charge is -2.13. The van der Waals surface area contributed by atoms with Crippen LogP contribution in [-0.2, 0) is 0 Å². The Bertz CT molecular complexity index is 228. The topological polar surface area (TPSA) is 4.36 Å². The first-order valence-electron chi connectivity index (χ1n) is 4.67. The van der Waals surface area contributed by atoms with Crippen molar-refractivity contribution in [3.63, 3.8) is 0 Å². The van der Waals surface area contributed by atoms with Gasteiger partial charge in [-0.1, -0.05) is 17.7 Å². The van der Waals surface area contributed by atoms with Crippen molar-refractivity contribution in [3.8, 4) is 0 Å². The molecule has 0 spiro atoms. The highest BCUT2D eigenvalue weighted by molar-refractivity contribution is 5.02. The highest BCUT2D eigenvalue weighted by Gasteiger charge is 2.26. The van der Waals surface area contributed by atoms with E-state index < -0.39 is 0 Å². The van der Waals surface area contributed by atoms with Crippen LogP contribution >= 0.6 is 0 Å². The fraction of sp³-hybridized carbons (Fsp3) is 0.583. The van der Waals surface area contributed by atoms with Crippen molar-refractivity contribution in [2.45, 2.75) is 45.6 Å². The zero-order chi connectivity index (χ0) is 10.3. The average Bonchev–Trinajstić information content (AvgIpc) is 2.04. The quantitative estimate of drug-likeness (QED) is 0.442. The summed E-state index contributed by atoms with van der Waals surface area (Å²) in [6.07, 6.45) is 6.73. The first-order valence-corrected chi connectivity index (χ1v) is 4.67. The van der Waals surface area contributed by atoms with Crippen LogP contribution in [0.2, 0.25) is 0 Å². The third-order valence-electron chi connectivity index (χ3n) is 2.09. The summed E-state index contributed by atoms with van der Waals surface area (Å²) in [6, 6.07) is 0. The standard InChI is InChI=1S/C12H19N/c1-6-9-12(4,13-5)10-7-8-11(2)3/h6,8H,1,7,9-10H2,2-4H3. The lowest BCUT2D eigenvalue weighted by molar-refractivity contribution is 0.518. The monoisotopic (exact) mass is 177 g/mol. The van der Waals surface area contributed by atoms with Gasteiger partial charge in [0.2, 0.25) is 5.54 Å². The summed E-state index contributed by atoms with van der Waals surface area (Å²) in [5.74, 6) is 0. The van der Waals surface area contributed by atoms with Gasteiger partial charge in [0.15, 0.2) is 0 Å². The summed E-state index contributed by atoms with van der Waals surface area (Å²) in [6.45, 7) is 17.0. The van der Waals surface area contributed by atoms with E-state index >= 15 is 0 Å². The molecular weight excluding hydrogens is 158 g/mol. The van der Waals surface area contributed by atoms with E-state index in [1.165, 1.54) is 5.57 Å². The van der Waals surface area contributed by atoms with Crippen LogP contribution in [0.25, 0.3) is 4.85 Å². The molecule has 0 heterocycles. The van der Waals surface area contributed by atoms with Gasteiger partial charge in [0.1, 0.15) is 0 Å². The van der Waals surface area contributed by atoms with Crippen molar-refractivity contribution < 1.29 is 0 Å². The molecule has 0 aromatic carbocycles. The van der Waals surface area contributed by atoms with Crippen molar-refractivity contribution in [1.82, 2.24) is 0 Å². The Labute approximate surface area is 82.0 Å². The van der Waals surface area contributed by atoms with Crippen LogP contribution in [0, 0.1) is 6.57 Å². The summed E-state index contributed by atoms with van der Waals surface area (Å²) in [4.78, 5) is 3.66. The third kappa shape index (κ3) is 5.25. The Kier molecular flexibility index (Phi) is 5.14. The van der Waals surface area contributed by atoms with Gasteiger partial charge in [0.05, 0.1) is 0 Å². The Morgan fingerprint density at radius 3 is 2.54 bits per heavy atom. The predicted octanol–water partition coefficient (Wildman–Crippen LogP) is 3.99. The van der Waals surface area contributed by atoms with Crippen LogP contribution in [0.4, 0.5) is 0 Å². The molecule has 0 bridgehead atoms. The Hall–Kier alpha value is -1.03. The second-order valence-electron chi connectivity index (χ2n) is 3.92. The van der Waals surface area contributed by atoms with Gasteiger partial charge < -0.3 is 4.85 Å². The summed E-state index contributed by atoms with van der Waals surface area (Å²) in [5.41, 5.74) is 1.08. The van der Waals surface area contributed by atoms with Crippen LogP contribution in [0.15, 0.2) is 24.3 Å². The average molecular weight is 177 g/mol. The van der Waals surface area contributed by atoms with Crippen molar-refractivity contribution in [1.29, 1.82) is 0 Å². The van der Waals surface area contributed by atoms with E-state index in [1.807, 2.05) is 13.0 Å².